The second-order valence-electron chi connectivity index (χ2n) is 5.59. The number of benzene rings is 2. The van der Waals surface area contributed by atoms with E-state index in [1.807, 2.05) is 25.1 Å². The molecular weight excluding hydrogens is 295 g/mol. The highest BCUT2D eigenvalue weighted by molar-refractivity contribution is 5.81. The van der Waals surface area contributed by atoms with E-state index in [-0.39, 0.29) is 5.82 Å². The van der Waals surface area contributed by atoms with E-state index in [9.17, 15) is 9.18 Å². The van der Waals surface area contributed by atoms with Gasteiger partial charge in [-0.25, -0.2) is 9.40 Å². The summed E-state index contributed by atoms with van der Waals surface area (Å²) in [6, 6.07) is 11.5. The second kappa shape index (κ2) is 5.72. The van der Waals surface area contributed by atoms with Gasteiger partial charge in [-0.15, -0.1) is 0 Å². The zero-order valence-corrected chi connectivity index (χ0v) is 12.7. The monoisotopic (exact) mass is 312 g/mol. The first kappa shape index (κ1) is 15.0. The highest BCUT2D eigenvalue weighted by Gasteiger charge is 2.40. The minimum Gasteiger partial charge on any atom is -0.399 e. The molecule has 1 unspecified atom stereocenters. The van der Waals surface area contributed by atoms with E-state index in [1.165, 1.54) is 18.5 Å². The first-order chi connectivity index (χ1) is 11.0. The van der Waals surface area contributed by atoms with Crippen LogP contribution in [0.25, 0.3) is 0 Å². The van der Waals surface area contributed by atoms with Crippen LogP contribution in [0, 0.1) is 12.7 Å². The number of nitrogen functional groups attached to an aromatic ring is 1. The van der Waals surface area contributed by atoms with Crippen LogP contribution in [0.5, 0.6) is 0 Å². The van der Waals surface area contributed by atoms with Gasteiger partial charge in [0.2, 0.25) is 0 Å². The molecule has 2 aromatic rings. The summed E-state index contributed by atoms with van der Waals surface area (Å²) in [5.41, 5.74) is 8.04. The molecule has 118 valence electrons. The van der Waals surface area contributed by atoms with Crippen molar-refractivity contribution in [3.05, 3.63) is 59.4 Å². The topological polar surface area (TPSA) is 70.7 Å². The lowest BCUT2D eigenvalue weighted by Crippen LogP contribution is -2.55. The van der Waals surface area contributed by atoms with Crippen molar-refractivity contribution in [1.29, 1.82) is 0 Å². The molecule has 1 aliphatic heterocycles. The maximum atomic E-state index is 13.1. The number of aldehydes is 1. The molecule has 1 aliphatic rings. The maximum absolute atomic E-state index is 13.1. The van der Waals surface area contributed by atoms with E-state index >= 15 is 0 Å². The normalized spacial score (nSPS) is 19.7. The van der Waals surface area contributed by atoms with Gasteiger partial charge in [0.05, 0.1) is 5.69 Å². The summed E-state index contributed by atoms with van der Waals surface area (Å²) in [7, 11) is 0. The predicted octanol–water partition coefficient (Wildman–Crippen LogP) is 2.21. The summed E-state index contributed by atoms with van der Waals surface area (Å²) in [5, 5.41) is 8.78. The Morgan fingerprint density at radius 1 is 1.30 bits per heavy atom. The van der Waals surface area contributed by atoms with Crippen molar-refractivity contribution in [2.45, 2.75) is 19.0 Å². The molecule has 6 heteroatoms. The number of anilines is 2. The summed E-state index contributed by atoms with van der Waals surface area (Å²) >= 11 is 0. The van der Waals surface area contributed by atoms with E-state index in [4.69, 9.17) is 5.73 Å². The van der Waals surface area contributed by atoms with Crippen LogP contribution in [0.15, 0.2) is 47.6 Å². The molecule has 0 spiro atoms. The van der Waals surface area contributed by atoms with Crippen LogP contribution in [0.4, 0.5) is 15.8 Å². The molecule has 1 atom stereocenters. The number of hydrogen-bond acceptors (Lipinski definition) is 5. The van der Waals surface area contributed by atoms with Gasteiger partial charge in [-0.3, -0.25) is 4.79 Å². The molecule has 0 fully saturated rings. The van der Waals surface area contributed by atoms with Gasteiger partial charge in [0, 0.05) is 12.1 Å². The number of hydrazone groups is 1. The standard InChI is InChI=1S/C17H17FN4O/c1-12-8-13(2-7-16(12)19)9-17(10-23)20-11-21-22(17)15-5-3-14(18)4-6-15/h2-8,10-11H,9,19H2,1H3,(H,20,21). The van der Waals surface area contributed by atoms with Crippen LogP contribution >= 0.6 is 0 Å². The van der Waals surface area contributed by atoms with Gasteiger partial charge in [0.25, 0.3) is 0 Å². The molecule has 5 nitrogen and oxygen atoms in total. The van der Waals surface area contributed by atoms with Gasteiger partial charge in [0.1, 0.15) is 12.2 Å². The molecule has 0 amide bonds. The highest BCUT2D eigenvalue weighted by Crippen LogP contribution is 2.28. The van der Waals surface area contributed by atoms with E-state index in [1.54, 1.807) is 17.1 Å². The Morgan fingerprint density at radius 2 is 2.04 bits per heavy atom. The molecule has 1 heterocycles. The summed E-state index contributed by atoms with van der Waals surface area (Å²) in [6.07, 6.45) is 2.69. The molecule has 3 N–H and O–H groups in total. The molecule has 2 aromatic carbocycles. The van der Waals surface area contributed by atoms with Gasteiger partial charge in [0.15, 0.2) is 11.9 Å². The number of nitrogens with two attached hydrogens (primary N) is 1. The van der Waals surface area contributed by atoms with Crippen LogP contribution in [0.2, 0.25) is 0 Å². The van der Waals surface area contributed by atoms with Crippen LogP contribution in [0.3, 0.4) is 0 Å². The summed E-state index contributed by atoms with van der Waals surface area (Å²) in [6.45, 7) is 1.92. The Morgan fingerprint density at radius 3 is 2.70 bits per heavy atom. The SMILES string of the molecule is Cc1cc(CC2(C=O)NC=NN2c2ccc(F)cc2)ccc1N. The van der Waals surface area contributed by atoms with E-state index in [0.29, 0.717) is 17.8 Å². The second-order valence-corrected chi connectivity index (χ2v) is 5.59. The first-order valence-electron chi connectivity index (χ1n) is 7.21. The van der Waals surface area contributed by atoms with Gasteiger partial charge < -0.3 is 11.1 Å². The zero-order valence-electron chi connectivity index (χ0n) is 12.7. The molecule has 0 aromatic heterocycles. The smallest absolute Gasteiger partial charge is 0.193 e. The Bertz CT molecular complexity index is 760. The number of nitrogens with zero attached hydrogens (tertiary/aromatic N) is 2. The lowest BCUT2D eigenvalue weighted by atomic mass is 9.98. The first-order valence-corrected chi connectivity index (χ1v) is 7.21. The minimum atomic E-state index is -1.04. The van der Waals surface area contributed by atoms with Crippen molar-refractivity contribution >= 4 is 24.0 Å². The number of hydrogen-bond donors (Lipinski definition) is 2. The maximum Gasteiger partial charge on any atom is 0.193 e. The fourth-order valence-electron chi connectivity index (χ4n) is 2.65. The Hall–Kier alpha value is -2.89. The number of aryl methyl sites for hydroxylation is 1. The van der Waals surface area contributed by atoms with Crippen LogP contribution in [-0.4, -0.2) is 18.3 Å². The van der Waals surface area contributed by atoms with Gasteiger partial charge in [-0.1, -0.05) is 12.1 Å². The average Bonchev–Trinajstić information content (AvgIpc) is 2.96. The van der Waals surface area contributed by atoms with Crippen molar-refractivity contribution in [2.24, 2.45) is 5.10 Å². The molecule has 3 rings (SSSR count). The fraction of sp³-hybridized carbons (Fsp3) is 0.176. The predicted molar refractivity (Wildman–Crippen MR) is 88.6 cm³/mol. The van der Waals surface area contributed by atoms with E-state index < -0.39 is 5.66 Å². The van der Waals surface area contributed by atoms with Crippen LogP contribution in [0.1, 0.15) is 11.1 Å². The van der Waals surface area contributed by atoms with E-state index in [2.05, 4.69) is 10.4 Å². The Kier molecular flexibility index (Phi) is 3.73. The van der Waals surface area contributed by atoms with Gasteiger partial charge in [-0.2, -0.15) is 5.10 Å². The number of carbonyl (C=O) groups is 1. The van der Waals surface area contributed by atoms with Gasteiger partial charge in [-0.05, 0) is 48.4 Å². The molecule has 0 aliphatic carbocycles. The number of carbonyl (C=O) groups excluding carboxylic acids is 1. The molecule has 0 saturated carbocycles. The molecule has 23 heavy (non-hydrogen) atoms. The largest absolute Gasteiger partial charge is 0.399 e. The van der Waals surface area contributed by atoms with Gasteiger partial charge >= 0.3 is 0 Å². The number of nitrogens with one attached hydrogen (secondary N) is 1. The van der Waals surface area contributed by atoms with Crippen molar-refractivity contribution in [3.63, 3.8) is 0 Å². The van der Waals surface area contributed by atoms with Crippen molar-refractivity contribution in [2.75, 3.05) is 10.7 Å². The van der Waals surface area contributed by atoms with Crippen LogP contribution in [-0.2, 0) is 11.2 Å². The fourth-order valence-corrected chi connectivity index (χ4v) is 2.65. The number of halogens is 1. The third kappa shape index (κ3) is 2.75. The third-order valence-corrected chi connectivity index (χ3v) is 3.94. The minimum absolute atomic E-state index is 0.337. The molecule has 0 saturated heterocycles. The Labute approximate surface area is 133 Å². The summed E-state index contributed by atoms with van der Waals surface area (Å²) in [5.74, 6) is -0.337. The lowest BCUT2D eigenvalue weighted by molar-refractivity contribution is -0.112. The average molecular weight is 312 g/mol. The lowest BCUT2D eigenvalue weighted by Gasteiger charge is -2.33. The molecule has 0 radical (unpaired) electrons. The summed E-state index contributed by atoms with van der Waals surface area (Å²) < 4.78 is 13.1. The zero-order chi connectivity index (χ0) is 16.4. The molecule has 0 bridgehead atoms. The van der Waals surface area contributed by atoms with Crippen LogP contribution < -0.4 is 16.1 Å². The molecular formula is C17H17FN4O. The number of rotatable bonds is 4. The summed E-state index contributed by atoms with van der Waals surface area (Å²) in [4.78, 5) is 11.9. The quantitative estimate of drug-likeness (QED) is 0.671. The van der Waals surface area contributed by atoms with E-state index in [0.717, 1.165) is 17.4 Å². The van der Waals surface area contributed by atoms with Crippen molar-refractivity contribution in [3.8, 4) is 0 Å². The van der Waals surface area contributed by atoms with Crippen molar-refractivity contribution < 1.29 is 9.18 Å². The van der Waals surface area contributed by atoms with Crippen molar-refractivity contribution in [1.82, 2.24) is 5.32 Å². The third-order valence-electron chi connectivity index (χ3n) is 3.94. The highest BCUT2D eigenvalue weighted by atomic mass is 19.1. The Balaban J connectivity index is 1.94.